The predicted molar refractivity (Wildman–Crippen MR) is 51.2 cm³/mol. The molecule has 0 saturated carbocycles. The SMILES string of the molecule is COC(=O)NCC(=O)N1CCC1CC=O. The van der Waals surface area contributed by atoms with Crippen molar-refractivity contribution in [1.82, 2.24) is 10.2 Å². The lowest BCUT2D eigenvalue weighted by molar-refractivity contribution is -0.138. The van der Waals surface area contributed by atoms with Gasteiger partial charge in [-0.2, -0.15) is 0 Å². The second kappa shape index (κ2) is 5.33. The molecular weight excluding hydrogens is 200 g/mol. The Hall–Kier alpha value is -1.59. The second-order valence-corrected chi connectivity index (χ2v) is 3.28. The number of nitrogens with one attached hydrogen (secondary N) is 1. The normalized spacial score (nSPS) is 19.0. The molecule has 0 spiro atoms. The van der Waals surface area contributed by atoms with Crippen LogP contribution in [-0.4, -0.2) is 49.4 Å². The first kappa shape index (κ1) is 11.5. The molecule has 1 unspecified atom stereocenters. The molecule has 1 aliphatic heterocycles. The van der Waals surface area contributed by atoms with E-state index in [4.69, 9.17) is 0 Å². The second-order valence-electron chi connectivity index (χ2n) is 3.28. The number of carbonyl (C=O) groups excluding carboxylic acids is 3. The Bertz CT molecular complexity index is 267. The fraction of sp³-hybridized carbons (Fsp3) is 0.667. The van der Waals surface area contributed by atoms with Crippen molar-refractivity contribution in [2.45, 2.75) is 18.9 Å². The summed E-state index contributed by atoms with van der Waals surface area (Å²) in [6.07, 6.45) is 1.39. The quantitative estimate of drug-likeness (QED) is 0.642. The number of rotatable bonds is 4. The highest BCUT2D eigenvalue weighted by molar-refractivity contribution is 5.83. The Labute approximate surface area is 87.6 Å². The van der Waals surface area contributed by atoms with E-state index in [1.54, 1.807) is 4.90 Å². The maximum absolute atomic E-state index is 11.5. The van der Waals surface area contributed by atoms with Crippen molar-refractivity contribution >= 4 is 18.3 Å². The summed E-state index contributed by atoms with van der Waals surface area (Å²) in [6.45, 7) is 0.572. The average Bonchev–Trinajstić information content (AvgIpc) is 2.20. The largest absolute Gasteiger partial charge is 0.453 e. The van der Waals surface area contributed by atoms with Crippen LogP contribution in [0.1, 0.15) is 12.8 Å². The van der Waals surface area contributed by atoms with Gasteiger partial charge >= 0.3 is 6.09 Å². The molecule has 0 aliphatic carbocycles. The highest BCUT2D eigenvalue weighted by Crippen LogP contribution is 2.19. The van der Waals surface area contributed by atoms with Crippen LogP contribution in [0.3, 0.4) is 0 Å². The van der Waals surface area contributed by atoms with E-state index < -0.39 is 6.09 Å². The summed E-state index contributed by atoms with van der Waals surface area (Å²) in [7, 11) is 1.23. The Morgan fingerprint density at radius 2 is 2.33 bits per heavy atom. The van der Waals surface area contributed by atoms with Crippen molar-refractivity contribution in [2.75, 3.05) is 20.2 Å². The third kappa shape index (κ3) is 2.93. The van der Waals surface area contributed by atoms with Gasteiger partial charge in [0.2, 0.25) is 5.91 Å². The van der Waals surface area contributed by atoms with Gasteiger partial charge in [-0.25, -0.2) is 4.79 Å². The third-order valence-corrected chi connectivity index (χ3v) is 2.40. The molecule has 0 aromatic heterocycles. The molecule has 1 aliphatic rings. The van der Waals surface area contributed by atoms with E-state index in [-0.39, 0.29) is 18.5 Å². The van der Waals surface area contributed by atoms with E-state index in [9.17, 15) is 14.4 Å². The summed E-state index contributed by atoms with van der Waals surface area (Å²) in [6, 6.07) is 0.00875. The molecule has 84 valence electrons. The van der Waals surface area contributed by atoms with Crippen molar-refractivity contribution in [3.05, 3.63) is 0 Å². The van der Waals surface area contributed by atoms with Gasteiger partial charge in [0, 0.05) is 19.0 Å². The number of hydrogen-bond acceptors (Lipinski definition) is 4. The monoisotopic (exact) mass is 214 g/mol. The standard InChI is InChI=1S/C9H14N2O4/c1-15-9(14)10-6-8(13)11-4-2-7(11)3-5-12/h5,7H,2-4,6H2,1H3,(H,10,14). The zero-order valence-electron chi connectivity index (χ0n) is 8.56. The van der Waals surface area contributed by atoms with E-state index in [0.717, 1.165) is 12.7 Å². The third-order valence-electron chi connectivity index (χ3n) is 2.40. The molecule has 6 heteroatoms. The van der Waals surface area contributed by atoms with E-state index in [2.05, 4.69) is 10.1 Å². The number of ether oxygens (including phenoxy) is 1. The van der Waals surface area contributed by atoms with Gasteiger partial charge in [-0.3, -0.25) is 4.79 Å². The minimum absolute atomic E-state index is 0.00875. The van der Waals surface area contributed by atoms with E-state index in [1.165, 1.54) is 7.11 Å². The Morgan fingerprint density at radius 1 is 1.60 bits per heavy atom. The van der Waals surface area contributed by atoms with E-state index in [0.29, 0.717) is 13.0 Å². The van der Waals surface area contributed by atoms with Crippen LogP contribution in [0, 0.1) is 0 Å². The molecule has 1 N–H and O–H groups in total. The average molecular weight is 214 g/mol. The molecule has 0 aromatic rings. The number of aldehydes is 1. The van der Waals surface area contributed by atoms with Gasteiger partial charge < -0.3 is 19.7 Å². The van der Waals surface area contributed by atoms with Crippen LogP contribution in [0.5, 0.6) is 0 Å². The van der Waals surface area contributed by atoms with Gasteiger partial charge in [0.05, 0.1) is 7.11 Å². The molecule has 1 atom stereocenters. The lowest BCUT2D eigenvalue weighted by Crippen LogP contribution is -2.54. The van der Waals surface area contributed by atoms with Crippen molar-refractivity contribution in [1.29, 1.82) is 0 Å². The zero-order chi connectivity index (χ0) is 11.3. The highest BCUT2D eigenvalue weighted by atomic mass is 16.5. The van der Waals surface area contributed by atoms with Gasteiger partial charge in [0.1, 0.15) is 12.8 Å². The molecule has 0 radical (unpaired) electrons. The summed E-state index contributed by atoms with van der Waals surface area (Å²) >= 11 is 0. The maximum Gasteiger partial charge on any atom is 0.407 e. The summed E-state index contributed by atoms with van der Waals surface area (Å²) in [5.74, 6) is -0.182. The number of likely N-dealkylation sites (tertiary alicyclic amines) is 1. The van der Waals surface area contributed by atoms with Crippen LogP contribution in [0.2, 0.25) is 0 Å². The molecule has 2 amide bonds. The van der Waals surface area contributed by atoms with Crippen molar-refractivity contribution in [2.24, 2.45) is 0 Å². The van der Waals surface area contributed by atoms with Crippen LogP contribution in [-0.2, 0) is 14.3 Å². The van der Waals surface area contributed by atoms with Crippen molar-refractivity contribution in [3.8, 4) is 0 Å². The van der Waals surface area contributed by atoms with E-state index >= 15 is 0 Å². The van der Waals surface area contributed by atoms with Gasteiger partial charge in [-0.05, 0) is 6.42 Å². The zero-order valence-corrected chi connectivity index (χ0v) is 8.56. The van der Waals surface area contributed by atoms with Crippen LogP contribution < -0.4 is 5.32 Å². The van der Waals surface area contributed by atoms with E-state index in [1.807, 2.05) is 0 Å². The molecule has 0 aromatic carbocycles. The molecule has 6 nitrogen and oxygen atoms in total. The lowest BCUT2D eigenvalue weighted by atomic mass is 10.0. The number of amides is 2. The molecule has 1 rings (SSSR count). The Kier molecular flexibility index (Phi) is 4.08. The number of methoxy groups -OCH3 is 1. The number of hydrogen-bond donors (Lipinski definition) is 1. The number of nitrogens with zero attached hydrogens (tertiary/aromatic N) is 1. The summed E-state index contributed by atoms with van der Waals surface area (Å²) in [5, 5.41) is 2.30. The Morgan fingerprint density at radius 3 is 2.80 bits per heavy atom. The minimum atomic E-state index is -0.629. The predicted octanol–water partition coefficient (Wildman–Crippen LogP) is -0.468. The van der Waals surface area contributed by atoms with Crippen molar-refractivity contribution in [3.63, 3.8) is 0 Å². The first-order chi connectivity index (χ1) is 7.19. The van der Waals surface area contributed by atoms with Gasteiger partial charge in [-0.1, -0.05) is 0 Å². The minimum Gasteiger partial charge on any atom is -0.453 e. The molecule has 0 bridgehead atoms. The van der Waals surface area contributed by atoms with Gasteiger partial charge in [0.25, 0.3) is 0 Å². The van der Waals surface area contributed by atoms with Crippen LogP contribution >= 0.6 is 0 Å². The summed E-state index contributed by atoms with van der Waals surface area (Å²) in [5.41, 5.74) is 0. The molecular formula is C9H14N2O4. The first-order valence-corrected chi connectivity index (χ1v) is 4.74. The fourth-order valence-electron chi connectivity index (χ4n) is 1.45. The highest BCUT2D eigenvalue weighted by Gasteiger charge is 2.31. The maximum atomic E-state index is 11.5. The topological polar surface area (TPSA) is 75.7 Å². The lowest BCUT2D eigenvalue weighted by Gasteiger charge is -2.40. The molecule has 1 fully saturated rings. The van der Waals surface area contributed by atoms with Gasteiger partial charge in [0.15, 0.2) is 0 Å². The fourth-order valence-corrected chi connectivity index (χ4v) is 1.45. The number of alkyl carbamates (subject to hydrolysis) is 1. The molecule has 15 heavy (non-hydrogen) atoms. The Balaban J connectivity index is 2.28. The van der Waals surface area contributed by atoms with Gasteiger partial charge in [-0.15, -0.1) is 0 Å². The summed E-state index contributed by atoms with van der Waals surface area (Å²) < 4.78 is 4.33. The summed E-state index contributed by atoms with van der Waals surface area (Å²) in [4.78, 5) is 34.0. The smallest absolute Gasteiger partial charge is 0.407 e. The first-order valence-electron chi connectivity index (χ1n) is 4.74. The molecule has 1 heterocycles. The molecule has 1 saturated heterocycles. The number of carbonyl (C=O) groups is 3. The van der Waals surface area contributed by atoms with Crippen LogP contribution in [0.15, 0.2) is 0 Å². The van der Waals surface area contributed by atoms with Crippen LogP contribution in [0.4, 0.5) is 4.79 Å². The van der Waals surface area contributed by atoms with Crippen LogP contribution in [0.25, 0.3) is 0 Å². The van der Waals surface area contributed by atoms with Crippen molar-refractivity contribution < 1.29 is 19.1 Å².